The molecule has 0 bridgehead atoms. The largest absolute Gasteiger partial charge is 0.480 e. The summed E-state index contributed by atoms with van der Waals surface area (Å²) in [5.41, 5.74) is -0.194. The highest BCUT2D eigenvalue weighted by Crippen LogP contribution is 2.07. The Labute approximate surface area is 123 Å². The molecule has 0 radical (unpaired) electrons. The lowest BCUT2D eigenvalue weighted by molar-refractivity contribution is -0.142. The fourth-order valence-electron chi connectivity index (χ4n) is 1.97. The summed E-state index contributed by atoms with van der Waals surface area (Å²) in [7, 11) is 1.42. The molecule has 7 heteroatoms. The standard InChI is InChI=1S/C14H21N3O4/c1-4-6-9-17-12(18)8-7-10(15-17)13(19)16(3)11(5-2)14(20)21/h7-8,11H,4-6,9H2,1-3H3,(H,20,21). The number of nitrogens with zero attached hydrogens (tertiary/aromatic N) is 3. The maximum atomic E-state index is 12.3. The van der Waals surface area contributed by atoms with Crippen molar-refractivity contribution >= 4 is 11.9 Å². The quantitative estimate of drug-likeness (QED) is 0.809. The van der Waals surface area contributed by atoms with E-state index >= 15 is 0 Å². The van der Waals surface area contributed by atoms with Gasteiger partial charge in [-0.1, -0.05) is 20.3 Å². The van der Waals surface area contributed by atoms with E-state index in [1.807, 2.05) is 6.92 Å². The molecule has 1 rings (SSSR count). The van der Waals surface area contributed by atoms with Crippen molar-refractivity contribution in [2.75, 3.05) is 7.05 Å². The average molecular weight is 295 g/mol. The van der Waals surface area contributed by atoms with Crippen LogP contribution >= 0.6 is 0 Å². The van der Waals surface area contributed by atoms with E-state index in [1.54, 1.807) is 6.92 Å². The minimum Gasteiger partial charge on any atom is -0.480 e. The molecule has 0 aliphatic carbocycles. The third kappa shape index (κ3) is 4.14. The third-order valence-corrected chi connectivity index (χ3v) is 3.27. The van der Waals surface area contributed by atoms with Gasteiger partial charge in [0.05, 0.1) is 0 Å². The molecule has 21 heavy (non-hydrogen) atoms. The Morgan fingerprint density at radius 3 is 2.57 bits per heavy atom. The second kappa shape index (κ2) is 7.56. The molecule has 0 saturated carbocycles. The zero-order chi connectivity index (χ0) is 16.0. The number of likely N-dealkylation sites (N-methyl/N-ethyl adjacent to an activating group) is 1. The van der Waals surface area contributed by atoms with Gasteiger partial charge in [-0.2, -0.15) is 5.10 Å². The summed E-state index contributed by atoms with van der Waals surface area (Å²) in [5, 5.41) is 13.1. The number of amides is 1. The first-order valence-corrected chi connectivity index (χ1v) is 7.00. The molecule has 0 aliphatic heterocycles. The van der Waals surface area contributed by atoms with Gasteiger partial charge in [-0.05, 0) is 18.9 Å². The van der Waals surface area contributed by atoms with Crippen LogP contribution in [0.15, 0.2) is 16.9 Å². The van der Waals surface area contributed by atoms with Gasteiger partial charge in [0.25, 0.3) is 11.5 Å². The Bertz CT molecular complexity index is 568. The van der Waals surface area contributed by atoms with Gasteiger partial charge in [-0.15, -0.1) is 0 Å². The first-order valence-electron chi connectivity index (χ1n) is 7.00. The number of carboxylic acid groups (broad SMARTS) is 1. The predicted octanol–water partition coefficient (Wildman–Crippen LogP) is 0.979. The minimum absolute atomic E-state index is 0.0768. The van der Waals surface area contributed by atoms with Crippen molar-refractivity contribution in [2.24, 2.45) is 0 Å². The zero-order valence-electron chi connectivity index (χ0n) is 12.6. The lowest BCUT2D eigenvalue weighted by Gasteiger charge is -2.23. The van der Waals surface area contributed by atoms with Crippen molar-refractivity contribution in [3.8, 4) is 0 Å². The molecule has 1 aromatic heterocycles. The van der Waals surface area contributed by atoms with Crippen molar-refractivity contribution in [3.63, 3.8) is 0 Å². The molecule has 1 N–H and O–H groups in total. The fourth-order valence-corrected chi connectivity index (χ4v) is 1.97. The molecule has 7 nitrogen and oxygen atoms in total. The van der Waals surface area contributed by atoms with Gasteiger partial charge in [-0.25, -0.2) is 9.48 Å². The van der Waals surface area contributed by atoms with E-state index in [4.69, 9.17) is 5.11 Å². The van der Waals surface area contributed by atoms with Crippen LogP contribution < -0.4 is 5.56 Å². The van der Waals surface area contributed by atoms with Crippen molar-refractivity contribution in [3.05, 3.63) is 28.2 Å². The van der Waals surface area contributed by atoms with Crippen LogP contribution in [-0.2, 0) is 11.3 Å². The average Bonchev–Trinajstić information content (AvgIpc) is 2.45. The maximum Gasteiger partial charge on any atom is 0.326 e. The summed E-state index contributed by atoms with van der Waals surface area (Å²) in [6.07, 6.45) is 1.99. The lowest BCUT2D eigenvalue weighted by atomic mass is 10.2. The monoisotopic (exact) mass is 295 g/mol. The van der Waals surface area contributed by atoms with E-state index in [0.29, 0.717) is 13.0 Å². The summed E-state index contributed by atoms with van der Waals surface area (Å²) in [6, 6.07) is 1.71. The highest BCUT2D eigenvalue weighted by Gasteiger charge is 2.26. The number of aromatic nitrogens is 2. The molecule has 1 unspecified atom stereocenters. The summed E-state index contributed by atoms with van der Waals surface area (Å²) >= 11 is 0. The van der Waals surface area contributed by atoms with Crippen LogP contribution in [0, 0.1) is 0 Å². The smallest absolute Gasteiger partial charge is 0.326 e. The van der Waals surface area contributed by atoms with Crippen molar-refractivity contribution in [1.82, 2.24) is 14.7 Å². The number of unbranched alkanes of at least 4 members (excludes halogenated alkanes) is 1. The van der Waals surface area contributed by atoms with Crippen LogP contribution in [0.1, 0.15) is 43.6 Å². The van der Waals surface area contributed by atoms with Crippen LogP contribution in [-0.4, -0.2) is 44.8 Å². The number of hydrogen-bond acceptors (Lipinski definition) is 4. The molecule has 1 aromatic rings. The number of aryl methyl sites for hydroxylation is 1. The second-order valence-electron chi connectivity index (χ2n) is 4.81. The maximum absolute atomic E-state index is 12.3. The number of rotatable bonds is 7. The van der Waals surface area contributed by atoms with Crippen molar-refractivity contribution in [2.45, 2.75) is 45.7 Å². The van der Waals surface area contributed by atoms with Gasteiger partial charge < -0.3 is 10.0 Å². The van der Waals surface area contributed by atoms with Gasteiger partial charge in [0.15, 0.2) is 0 Å². The predicted molar refractivity (Wildman–Crippen MR) is 77.2 cm³/mol. The minimum atomic E-state index is -1.06. The number of carboxylic acids is 1. The topological polar surface area (TPSA) is 92.5 Å². The molecule has 1 heterocycles. The van der Waals surface area contributed by atoms with Crippen LogP contribution in [0.2, 0.25) is 0 Å². The Morgan fingerprint density at radius 1 is 1.38 bits per heavy atom. The number of carbonyl (C=O) groups excluding carboxylic acids is 1. The molecule has 0 fully saturated rings. The highest BCUT2D eigenvalue weighted by molar-refractivity contribution is 5.94. The SMILES string of the molecule is CCCCn1nc(C(=O)N(C)C(CC)C(=O)O)ccc1=O. The highest BCUT2D eigenvalue weighted by atomic mass is 16.4. The van der Waals surface area contributed by atoms with Crippen molar-refractivity contribution < 1.29 is 14.7 Å². The molecule has 0 aliphatic rings. The summed E-state index contributed by atoms with van der Waals surface area (Å²) in [4.78, 5) is 36.2. The molecule has 0 saturated heterocycles. The van der Waals surface area contributed by atoms with Gasteiger partial charge in [0, 0.05) is 19.7 Å². The van der Waals surface area contributed by atoms with E-state index in [1.165, 1.54) is 23.9 Å². The van der Waals surface area contributed by atoms with Gasteiger partial charge in [0.1, 0.15) is 11.7 Å². The Balaban J connectivity index is 3.01. The van der Waals surface area contributed by atoms with E-state index in [9.17, 15) is 14.4 Å². The number of aliphatic carboxylic acids is 1. The van der Waals surface area contributed by atoms with Crippen LogP contribution in [0.5, 0.6) is 0 Å². The van der Waals surface area contributed by atoms with Crippen LogP contribution in [0.4, 0.5) is 0 Å². The molecular weight excluding hydrogens is 274 g/mol. The van der Waals surface area contributed by atoms with Crippen LogP contribution in [0.25, 0.3) is 0 Å². The van der Waals surface area contributed by atoms with Gasteiger partial charge in [-0.3, -0.25) is 9.59 Å². The molecule has 1 atom stereocenters. The molecule has 1 amide bonds. The number of hydrogen-bond donors (Lipinski definition) is 1. The van der Waals surface area contributed by atoms with Gasteiger partial charge in [0.2, 0.25) is 0 Å². The summed E-state index contributed by atoms with van der Waals surface area (Å²) in [6.45, 7) is 4.13. The molecular formula is C14H21N3O4. The molecule has 116 valence electrons. The molecule has 0 aromatic carbocycles. The first kappa shape index (κ1) is 16.9. The van der Waals surface area contributed by atoms with Crippen molar-refractivity contribution in [1.29, 1.82) is 0 Å². The zero-order valence-corrected chi connectivity index (χ0v) is 12.6. The first-order chi connectivity index (χ1) is 9.92. The Kier molecular flexibility index (Phi) is 6.08. The van der Waals surface area contributed by atoms with E-state index < -0.39 is 17.9 Å². The van der Waals surface area contributed by atoms with E-state index in [0.717, 1.165) is 17.7 Å². The summed E-state index contributed by atoms with van der Waals surface area (Å²) < 4.78 is 1.24. The lowest BCUT2D eigenvalue weighted by Crippen LogP contribution is -2.42. The summed E-state index contributed by atoms with van der Waals surface area (Å²) in [5.74, 6) is -1.57. The second-order valence-corrected chi connectivity index (χ2v) is 4.81. The van der Waals surface area contributed by atoms with E-state index in [2.05, 4.69) is 5.10 Å². The Hall–Kier alpha value is -2.18. The third-order valence-electron chi connectivity index (χ3n) is 3.27. The molecule has 0 spiro atoms. The fraction of sp³-hybridized carbons (Fsp3) is 0.571. The van der Waals surface area contributed by atoms with E-state index in [-0.39, 0.29) is 11.3 Å². The normalized spacial score (nSPS) is 12.0. The number of carbonyl (C=O) groups is 2. The Morgan fingerprint density at radius 2 is 2.05 bits per heavy atom. The van der Waals surface area contributed by atoms with Crippen LogP contribution in [0.3, 0.4) is 0 Å². The van der Waals surface area contributed by atoms with Gasteiger partial charge >= 0.3 is 5.97 Å².